The molecule has 17 heavy (non-hydrogen) atoms. The van der Waals surface area contributed by atoms with E-state index >= 15 is 0 Å². The van der Waals surface area contributed by atoms with Crippen LogP contribution in [0.5, 0.6) is 0 Å². The zero-order chi connectivity index (χ0) is 12.3. The number of amides is 3. The van der Waals surface area contributed by atoms with E-state index in [2.05, 4.69) is 10.6 Å². The van der Waals surface area contributed by atoms with Crippen LogP contribution < -0.4 is 10.6 Å². The maximum absolute atomic E-state index is 12.2. The Labute approximate surface area is 101 Å². The molecule has 0 spiro atoms. The summed E-state index contributed by atoms with van der Waals surface area (Å²) in [6, 6.07) is -0.472. The summed E-state index contributed by atoms with van der Waals surface area (Å²) >= 11 is 0. The van der Waals surface area contributed by atoms with Gasteiger partial charge in [-0.2, -0.15) is 0 Å². The van der Waals surface area contributed by atoms with Crippen molar-refractivity contribution >= 4 is 11.9 Å². The van der Waals surface area contributed by atoms with Crippen LogP contribution in [0, 0.1) is 0 Å². The van der Waals surface area contributed by atoms with Gasteiger partial charge in [0.05, 0.1) is 0 Å². The predicted molar refractivity (Wildman–Crippen MR) is 63.6 cm³/mol. The smallest absolute Gasteiger partial charge is 0.318 e. The summed E-state index contributed by atoms with van der Waals surface area (Å²) in [4.78, 5) is 27.3. The molecule has 2 heterocycles. The van der Waals surface area contributed by atoms with Crippen molar-refractivity contribution in [1.82, 2.24) is 20.4 Å². The molecule has 2 N–H and O–H groups in total. The molecule has 0 radical (unpaired) electrons. The van der Waals surface area contributed by atoms with Crippen molar-refractivity contribution in [3.05, 3.63) is 0 Å². The average molecular weight is 240 g/mol. The van der Waals surface area contributed by atoms with Crippen LogP contribution in [-0.2, 0) is 4.79 Å². The standard InChI is InChI=1S/C11H20N4O2/c1-9(15-6-2-3-13-11(15)17)10(16)14-7-4-12-5-8-14/h9,12H,2-8H2,1H3,(H,13,17). The molecule has 0 aromatic rings. The summed E-state index contributed by atoms with van der Waals surface area (Å²) in [5, 5.41) is 5.98. The maximum atomic E-state index is 12.2. The SMILES string of the molecule is CC(C(=O)N1CCNCC1)N1CCCNC1=O. The quantitative estimate of drug-likeness (QED) is 0.665. The van der Waals surface area contributed by atoms with Crippen LogP contribution in [0.1, 0.15) is 13.3 Å². The summed E-state index contributed by atoms with van der Waals surface area (Å²) in [6.07, 6.45) is 0.908. The summed E-state index contributed by atoms with van der Waals surface area (Å²) in [5.41, 5.74) is 0. The molecule has 2 rings (SSSR count). The molecule has 0 bridgehead atoms. The molecule has 1 atom stereocenters. The first-order chi connectivity index (χ1) is 8.20. The second kappa shape index (κ2) is 5.35. The van der Waals surface area contributed by atoms with E-state index in [1.807, 2.05) is 11.8 Å². The van der Waals surface area contributed by atoms with Gasteiger partial charge < -0.3 is 20.4 Å². The van der Waals surface area contributed by atoms with Gasteiger partial charge in [-0.25, -0.2) is 4.79 Å². The highest BCUT2D eigenvalue weighted by Gasteiger charge is 2.30. The molecular weight excluding hydrogens is 220 g/mol. The Hall–Kier alpha value is -1.30. The molecule has 0 saturated carbocycles. The van der Waals surface area contributed by atoms with E-state index < -0.39 is 0 Å². The molecule has 96 valence electrons. The fourth-order valence-electron chi connectivity index (χ4n) is 2.30. The number of rotatable bonds is 2. The zero-order valence-corrected chi connectivity index (χ0v) is 10.2. The average Bonchev–Trinajstić information content (AvgIpc) is 2.39. The Balaban J connectivity index is 1.95. The van der Waals surface area contributed by atoms with Gasteiger partial charge in [0, 0.05) is 39.3 Å². The lowest BCUT2D eigenvalue weighted by Gasteiger charge is -2.36. The summed E-state index contributed by atoms with van der Waals surface area (Å²) in [6.45, 7) is 6.34. The highest BCUT2D eigenvalue weighted by molar-refractivity contribution is 5.87. The highest BCUT2D eigenvalue weighted by atomic mass is 16.2. The summed E-state index contributed by atoms with van der Waals surface area (Å²) < 4.78 is 0. The van der Waals surface area contributed by atoms with Gasteiger partial charge in [0.15, 0.2) is 0 Å². The number of nitrogens with zero attached hydrogens (tertiary/aromatic N) is 2. The van der Waals surface area contributed by atoms with Crippen LogP contribution in [0.2, 0.25) is 0 Å². The van der Waals surface area contributed by atoms with E-state index in [9.17, 15) is 9.59 Å². The number of hydrogen-bond acceptors (Lipinski definition) is 3. The minimum Gasteiger partial charge on any atom is -0.338 e. The first-order valence-corrected chi connectivity index (χ1v) is 6.24. The molecule has 6 nitrogen and oxygen atoms in total. The lowest BCUT2D eigenvalue weighted by atomic mass is 10.2. The third-order valence-electron chi connectivity index (χ3n) is 3.37. The number of hydrogen-bond donors (Lipinski definition) is 2. The van der Waals surface area contributed by atoms with E-state index in [4.69, 9.17) is 0 Å². The molecule has 3 amide bonds. The second-order valence-corrected chi connectivity index (χ2v) is 4.53. The normalized spacial score (nSPS) is 23.2. The molecule has 0 aromatic carbocycles. The lowest BCUT2D eigenvalue weighted by molar-refractivity contribution is -0.136. The molecule has 2 aliphatic heterocycles. The molecule has 6 heteroatoms. The van der Waals surface area contributed by atoms with E-state index in [-0.39, 0.29) is 18.0 Å². The summed E-state index contributed by atoms with van der Waals surface area (Å²) in [5.74, 6) is 0.0588. The van der Waals surface area contributed by atoms with Crippen LogP contribution in [0.25, 0.3) is 0 Å². The number of urea groups is 1. The van der Waals surface area contributed by atoms with Crippen LogP contribution in [0.3, 0.4) is 0 Å². The van der Waals surface area contributed by atoms with Crippen molar-refractivity contribution in [3.63, 3.8) is 0 Å². The molecule has 2 fully saturated rings. The van der Waals surface area contributed by atoms with E-state index in [1.165, 1.54) is 0 Å². The Morgan fingerprint density at radius 2 is 1.94 bits per heavy atom. The summed E-state index contributed by atoms with van der Waals surface area (Å²) in [7, 11) is 0. The number of piperazine rings is 1. The monoisotopic (exact) mass is 240 g/mol. The first-order valence-electron chi connectivity index (χ1n) is 6.24. The second-order valence-electron chi connectivity index (χ2n) is 4.53. The van der Waals surface area contributed by atoms with Crippen molar-refractivity contribution < 1.29 is 9.59 Å². The fourth-order valence-corrected chi connectivity index (χ4v) is 2.30. The minimum atomic E-state index is -0.353. The maximum Gasteiger partial charge on any atom is 0.318 e. The third kappa shape index (κ3) is 2.69. The van der Waals surface area contributed by atoms with Gasteiger partial charge in [-0.15, -0.1) is 0 Å². The highest BCUT2D eigenvalue weighted by Crippen LogP contribution is 2.09. The van der Waals surface area contributed by atoms with Gasteiger partial charge in [-0.05, 0) is 13.3 Å². The molecule has 0 aliphatic carbocycles. The molecule has 1 unspecified atom stereocenters. The Kier molecular flexibility index (Phi) is 3.83. The van der Waals surface area contributed by atoms with Gasteiger partial charge in [0.1, 0.15) is 6.04 Å². The molecular formula is C11H20N4O2. The van der Waals surface area contributed by atoms with Crippen molar-refractivity contribution in [2.45, 2.75) is 19.4 Å². The predicted octanol–water partition coefficient (Wildman–Crippen LogP) is -0.778. The van der Waals surface area contributed by atoms with Gasteiger partial charge in [-0.3, -0.25) is 4.79 Å². The largest absolute Gasteiger partial charge is 0.338 e. The Morgan fingerprint density at radius 1 is 1.24 bits per heavy atom. The topological polar surface area (TPSA) is 64.7 Å². The third-order valence-corrected chi connectivity index (χ3v) is 3.37. The van der Waals surface area contributed by atoms with Crippen LogP contribution in [0.4, 0.5) is 4.79 Å². The van der Waals surface area contributed by atoms with Crippen molar-refractivity contribution in [2.75, 3.05) is 39.3 Å². The Bertz CT molecular complexity index is 302. The van der Waals surface area contributed by atoms with Gasteiger partial charge >= 0.3 is 6.03 Å². The van der Waals surface area contributed by atoms with Gasteiger partial charge in [0.25, 0.3) is 0 Å². The van der Waals surface area contributed by atoms with Crippen molar-refractivity contribution in [2.24, 2.45) is 0 Å². The van der Waals surface area contributed by atoms with Crippen LogP contribution in [0.15, 0.2) is 0 Å². The number of carbonyl (C=O) groups excluding carboxylic acids is 2. The van der Waals surface area contributed by atoms with Gasteiger partial charge in [0.2, 0.25) is 5.91 Å². The van der Waals surface area contributed by atoms with Crippen molar-refractivity contribution in [1.29, 1.82) is 0 Å². The molecule has 2 aliphatic rings. The van der Waals surface area contributed by atoms with Crippen LogP contribution in [-0.4, -0.2) is 67.0 Å². The van der Waals surface area contributed by atoms with E-state index in [1.54, 1.807) is 4.90 Å². The first kappa shape index (κ1) is 12.2. The van der Waals surface area contributed by atoms with E-state index in [0.717, 1.165) is 32.6 Å². The molecule has 0 aromatic heterocycles. The fraction of sp³-hybridized carbons (Fsp3) is 0.818. The van der Waals surface area contributed by atoms with Crippen molar-refractivity contribution in [3.8, 4) is 0 Å². The van der Waals surface area contributed by atoms with Gasteiger partial charge in [-0.1, -0.05) is 0 Å². The molecule has 2 saturated heterocycles. The Morgan fingerprint density at radius 3 is 2.59 bits per heavy atom. The number of carbonyl (C=O) groups is 2. The van der Waals surface area contributed by atoms with Crippen LogP contribution >= 0.6 is 0 Å². The van der Waals surface area contributed by atoms with E-state index in [0.29, 0.717) is 13.1 Å². The minimum absolute atomic E-state index is 0.0588. The number of nitrogens with one attached hydrogen (secondary N) is 2. The lowest BCUT2D eigenvalue weighted by Crippen LogP contribution is -2.57. The zero-order valence-electron chi connectivity index (χ0n) is 10.2.